The molecule has 0 atom stereocenters. The molecule has 2 aromatic carbocycles. The van der Waals surface area contributed by atoms with Crippen LogP contribution in [0.5, 0.6) is 0 Å². The van der Waals surface area contributed by atoms with Crippen molar-refractivity contribution in [1.82, 2.24) is 0 Å². The third kappa shape index (κ3) is 7.19. The van der Waals surface area contributed by atoms with E-state index in [4.69, 9.17) is 5.11 Å². The molecule has 3 rings (SSSR count). The highest BCUT2D eigenvalue weighted by molar-refractivity contribution is 5.84. The van der Waals surface area contributed by atoms with E-state index in [0.29, 0.717) is 6.42 Å². The lowest BCUT2D eigenvalue weighted by molar-refractivity contribution is -0.136. The molecular formula is C32H37NO2. The van der Waals surface area contributed by atoms with Crippen LogP contribution in [-0.4, -0.2) is 18.1 Å². The number of carboxylic acid groups (broad SMARTS) is 1. The van der Waals surface area contributed by atoms with Crippen molar-refractivity contribution >= 4 is 17.2 Å². The predicted octanol–water partition coefficient (Wildman–Crippen LogP) is 8.05. The summed E-state index contributed by atoms with van der Waals surface area (Å²) in [5, 5.41) is 9.00. The third-order valence-corrected chi connectivity index (χ3v) is 6.51. The van der Waals surface area contributed by atoms with Gasteiger partial charge >= 0.3 is 5.97 Å². The van der Waals surface area contributed by atoms with Crippen LogP contribution in [0.4, 0.5) is 5.69 Å². The Bertz CT molecular complexity index is 1190. The number of rotatable bonds is 9. The zero-order valence-corrected chi connectivity index (χ0v) is 21.5. The molecule has 1 aliphatic carbocycles. The number of aliphatic carboxylic acids is 1. The van der Waals surface area contributed by atoms with Crippen molar-refractivity contribution in [2.45, 2.75) is 52.9 Å². The first kappa shape index (κ1) is 26.0. The maximum absolute atomic E-state index is 10.9. The van der Waals surface area contributed by atoms with Crippen LogP contribution in [0.15, 0.2) is 102 Å². The van der Waals surface area contributed by atoms with Crippen LogP contribution in [0.25, 0.3) is 5.57 Å². The minimum Gasteiger partial charge on any atom is -0.481 e. The second-order valence-electron chi connectivity index (χ2n) is 9.37. The number of nitrogens with zero attached hydrogens (tertiary/aromatic N) is 1. The fourth-order valence-electron chi connectivity index (χ4n) is 4.42. The van der Waals surface area contributed by atoms with Crippen LogP contribution in [-0.2, 0) is 11.2 Å². The van der Waals surface area contributed by atoms with Crippen molar-refractivity contribution < 1.29 is 9.90 Å². The quantitative estimate of drug-likeness (QED) is 0.379. The molecule has 3 nitrogen and oxygen atoms in total. The molecule has 1 N–H and O–H groups in total. The number of hydrogen-bond acceptors (Lipinski definition) is 2. The summed E-state index contributed by atoms with van der Waals surface area (Å²) in [5.74, 6) is -0.765. The van der Waals surface area contributed by atoms with E-state index in [1.54, 1.807) is 0 Å². The topological polar surface area (TPSA) is 40.5 Å². The predicted molar refractivity (Wildman–Crippen MR) is 149 cm³/mol. The molecular weight excluding hydrogens is 430 g/mol. The summed E-state index contributed by atoms with van der Waals surface area (Å²) in [6.45, 7) is 10.3. The average molecular weight is 468 g/mol. The molecule has 2 aromatic rings. The number of benzene rings is 2. The Kier molecular flexibility index (Phi) is 9.08. The average Bonchev–Trinajstić information content (AvgIpc) is 2.85. The number of aryl methyl sites for hydroxylation is 2. The number of carboxylic acids is 1. The molecule has 182 valence electrons. The van der Waals surface area contributed by atoms with Gasteiger partial charge in [0.1, 0.15) is 0 Å². The zero-order valence-electron chi connectivity index (χ0n) is 21.5. The first-order valence-corrected chi connectivity index (χ1v) is 12.3. The monoisotopic (exact) mass is 467 g/mol. The summed E-state index contributed by atoms with van der Waals surface area (Å²) in [6.07, 6.45) is 12.7. The van der Waals surface area contributed by atoms with E-state index in [9.17, 15) is 4.79 Å². The minimum absolute atomic E-state index is 0.151. The SMILES string of the molecule is C=C(C)/C=C/C1=C(c2ccc(CCC(=O)O)cc2)C(=C/C=C(\C)N(C)c2ccccc2C)/CCC1. The van der Waals surface area contributed by atoms with Crippen molar-refractivity contribution in [3.8, 4) is 0 Å². The Labute approximate surface area is 210 Å². The Morgan fingerprint density at radius 3 is 2.46 bits per heavy atom. The van der Waals surface area contributed by atoms with Gasteiger partial charge in [0.15, 0.2) is 0 Å². The fraction of sp³-hybridized carbons (Fsp3) is 0.281. The van der Waals surface area contributed by atoms with Crippen molar-refractivity contribution in [2.75, 3.05) is 11.9 Å². The molecule has 35 heavy (non-hydrogen) atoms. The van der Waals surface area contributed by atoms with Crippen LogP contribution in [0.3, 0.4) is 0 Å². The Hall–Kier alpha value is -3.59. The van der Waals surface area contributed by atoms with E-state index < -0.39 is 5.97 Å². The summed E-state index contributed by atoms with van der Waals surface area (Å²) in [6, 6.07) is 16.8. The number of allylic oxidation sites excluding steroid dienone is 9. The zero-order chi connectivity index (χ0) is 25.4. The summed E-state index contributed by atoms with van der Waals surface area (Å²) in [5.41, 5.74) is 10.8. The van der Waals surface area contributed by atoms with Gasteiger partial charge in [0.05, 0.1) is 0 Å². The normalized spacial score (nSPS) is 15.7. The van der Waals surface area contributed by atoms with Gasteiger partial charge in [-0.25, -0.2) is 0 Å². The molecule has 0 saturated heterocycles. The number of carbonyl (C=O) groups is 1. The molecule has 0 fully saturated rings. The fourth-order valence-corrected chi connectivity index (χ4v) is 4.42. The second-order valence-corrected chi connectivity index (χ2v) is 9.37. The Morgan fingerprint density at radius 1 is 1.09 bits per heavy atom. The molecule has 0 radical (unpaired) electrons. The van der Waals surface area contributed by atoms with Gasteiger partial charge in [-0.1, -0.05) is 72.8 Å². The number of para-hydroxylation sites is 1. The minimum atomic E-state index is -0.765. The van der Waals surface area contributed by atoms with Gasteiger partial charge in [0.2, 0.25) is 0 Å². The van der Waals surface area contributed by atoms with Crippen LogP contribution >= 0.6 is 0 Å². The molecule has 3 heteroatoms. The molecule has 0 aromatic heterocycles. The summed E-state index contributed by atoms with van der Waals surface area (Å²) in [7, 11) is 2.11. The maximum atomic E-state index is 10.9. The van der Waals surface area contributed by atoms with E-state index in [1.807, 2.05) is 6.92 Å². The van der Waals surface area contributed by atoms with Crippen LogP contribution in [0, 0.1) is 6.92 Å². The standard InChI is InChI=1S/C32H37NO2/c1-23(2)13-18-27-10-8-11-28(19-14-25(4)33(5)30-12-7-6-9-24(30)3)32(27)29-20-15-26(16-21-29)17-22-31(34)35/h6-7,9,12-16,18-21H,1,8,10-11,17,22H2,2-5H3,(H,34,35)/b18-13+,25-14+,28-19+. The highest BCUT2D eigenvalue weighted by Crippen LogP contribution is 2.38. The first-order chi connectivity index (χ1) is 16.8. The molecule has 0 unspecified atom stereocenters. The first-order valence-electron chi connectivity index (χ1n) is 12.3. The van der Waals surface area contributed by atoms with Gasteiger partial charge in [-0.05, 0) is 92.0 Å². The lowest BCUT2D eigenvalue weighted by Gasteiger charge is -2.24. The molecule has 0 bridgehead atoms. The van der Waals surface area contributed by atoms with Gasteiger partial charge in [-0.2, -0.15) is 0 Å². The molecule has 0 spiro atoms. The van der Waals surface area contributed by atoms with Gasteiger partial charge in [-0.15, -0.1) is 0 Å². The number of anilines is 1. The maximum Gasteiger partial charge on any atom is 0.303 e. The third-order valence-electron chi connectivity index (χ3n) is 6.51. The summed E-state index contributed by atoms with van der Waals surface area (Å²) < 4.78 is 0. The van der Waals surface area contributed by atoms with Crippen molar-refractivity contribution in [3.63, 3.8) is 0 Å². The van der Waals surface area contributed by atoms with Gasteiger partial charge in [0.25, 0.3) is 0 Å². The van der Waals surface area contributed by atoms with Gasteiger partial charge < -0.3 is 10.0 Å². The summed E-state index contributed by atoms with van der Waals surface area (Å²) in [4.78, 5) is 13.2. The van der Waals surface area contributed by atoms with Gasteiger partial charge in [0, 0.05) is 24.9 Å². The molecule has 0 amide bonds. The second kappa shape index (κ2) is 12.2. The van der Waals surface area contributed by atoms with Crippen LogP contribution in [0.2, 0.25) is 0 Å². The lowest BCUT2D eigenvalue weighted by atomic mass is 9.82. The summed E-state index contributed by atoms with van der Waals surface area (Å²) >= 11 is 0. The lowest BCUT2D eigenvalue weighted by Crippen LogP contribution is -2.15. The Morgan fingerprint density at radius 2 is 1.80 bits per heavy atom. The highest BCUT2D eigenvalue weighted by Gasteiger charge is 2.18. The van der Waals surface area contributed by atoms with E-state index >= 15 is 0 Å². The van der Waals surface area contributed by atoms with E-state index in [0.717, 1.165) is 30.4 Å². The van der Waals surface area contributed by atoms with E-state index in [1.165, 1.54) is 39.2 Å². The van der Waals surface area contributed by atoms with E-state index in [2.05, 4.69) is 105 Å². The Balaban J connectivity index is 1.98. The van der Waals surface area contributed by atoms with Crippen molar-refractivity contribution in [2.24, 2.45) is 0 Å². The molecule has 1 aliphatic rings. The highest BCUT2D eigenvalue weighted by atomic mass is 16.4. The van der Waals surface area contributed by atoms with Crippen molar-refractivity contribution in [3.05, 3.63) is 119 Å². The van der Waals surface area contributed by atoms with Crippen LogP contribution in [0.1, 0.15) is 56.2 Å². The van der Waals surface area contributed by atoms with E-state index in [-0.39, 0.29) is 6.42 Å². The van der Waals surface area contributed by atoms with Crippen molar-refractivity contribution in [1.29, 1.82) is 0 Å². The smallest absolute Gasteiger partial charge is 0.303 e. The van der Waals surface area contributed by atoms with Crippen LogP contribution < -0.4 is 4.90 Å². The molecule has 0 heterocycles. The number of hydrogen-bond donors (Lipinski definition) is 1. The molecule has 0 aliphatic heterocycles. The molecule has 0 saturated carbocycles. The van der Waals surface area contributed by atoms with Gasteiger partial charge in [-0.3, -0.25) is 4.79 Å². The largest absolute Gasteiger partial charge is 0.481 e.